The highest BCUT2D eigenvalue weighted by Crippen LogP contribution is 2.36. The number of methoxy groups -OCH3 is 1. The van der Waals surface area contributed by atoms with Crippen LogP contribution >= 0.6 is 0 Å². The normalized spacial score (nSPS) is 14.9. The number of aromatic nitrogens is 2. The second kappa shape index (κ2) is 8.64. The van der Waals surface area contributed by atoms with Crippen LogP contribution in [0, 0.1) is 0 Å². The number of benzene rings is 2. The zero-order chi connectivity index (χ0) is 24.6. The van der Waals surface area contributed by atoms with Crippen LogP contribution in [0.25, 0.3) is 10.9 Å². The maximum atomic E-state index is 13.0. The van der Waals surface area contributed by atoms with Crippen LogP contribution in [0.2, 0.25) is 0 Å². The minimum atomic E-state index is -3.90. The number of amides is 1. The molecule has 2 aromatic heterocycles. The zero-order valence-corrected chi connectivity index (χ0v) is 19.6. The Hall–Kier alpha value is -4.02. The van der Waals surface area contributed by atoms with E-state index in [4.69, 9.17) is 4.74 Å². The first-order valence-electron chi connectivity index (χ1n) is 10.8. The smallest absolute Gasteiger partial charge is 0.264 e. The molecule has 2 aromatic carbocycles. The van der Waals surface area contributed by atoms with Gasteiger partial charge in [-0.05, 0) is 48.5 Å². The van der Waals surface area contributed by atoms with Gasteiger partial charge in [0.2, 0.25) is 0 Å². The Bertz CT molecular complexity index is 1510. The number of hydrogen-bond acceptors (Lipinski definition) is 7. The Kier molecular flexibility index (Phi) is 5.62. The van der Waals surface area contributed by atoms with E-state index in [2.05, 4.69) is 14.7 Å². The maximum absolute atomic E-state index is 13.0. The van der Waals surface area contributed by atoms with Crippen LogP contribution in [0.15, 0.2) is 84.0 Å². The van der Waals surface area contributed by atoms with Crippen LogP contribution < -0.4 is 9.46 Å². The number of hydrogen-bond donors (Lipinski definition) is 2. The molecule has 0 saturated carbocycles. The summed E-state index contributed by atoms with van der Waals surface area (Å²) in [5, 5.41) is 11.6. The molecular formula is C25H22N4O5S. The molecule has 0 unspecified atom stereocenters. The molecule has 0 spiro atoms. The van der Waals surface area contributed by atoms with Crippen LogP contribution in [0.1, 0.15) is 16.1 Å². The summed E-state index contributed by atoms with van der Waals surface area (Å²) in [4.78, 5) is 22.9. The number of rotatable bonds is 6. The summed E-state index contributed by atoms with van der Waals surface area (Å²) < 4.78 is 33.8. The largest absolute Gasteiger partial charge is 0.495 e. The highest BCUT2D eigenvalue weighted by atomic mass is 32.2. The van der Waals surface area contributed by atoms with Gasteiger partial charge >= 0.3 is 0 Å². The van der Waals surface area contributed by atoms with Crippen LogP contribution in [0.5, 0.6) is 5.75 Å². The Morgan fingerprint density at radius 2 is 1.69 bits per heavy atom. The molecule has 1 aliphatic heterocycles. The van der Waals surface area contributed by atoms with Gasteiger partial charge < -0.3 is 14.7 Å². The van der Waals surface area contributed by atoms with Crippen molar-refractivity contribution in [3.63, 3.8) is 0 Å². The lowest BCUT2D eigenvalue weighted by atomic mass is 9.88. The predicted octanol–water partition coefficient (Wildman–Crippen LogP) is 2.78. The molecule has 1 aliphatic rings. The highest BCUT2D eigenvalue weighted by Gasteiger charge is 2.48. The lowest BCUT2D eigenvalue weighted by molar-refractivity contribution is -0.0904. The molecule has 3 heterocycles. The maximum Gasteiger partial charge on any atom is 0.264 e. The number of carbonyl (C=O) groups excluding carboxylic acids is 1. The Morgan fingerprint density at radius 3 is 2.43 bits per heavy atom. The third-order valence-corrected chi connectivity index (χ3v) is 7.31. The van der Waals surface area contributed by atoms with Gasteiger partial charge in [0, 0.05) is 29.0 Å². The first-order valence-corrected chi connectivity index (χ1v) is 12.3. The first kappa shape index (κ1) is 22.8. The van der Waals surface area contributed by atoms with Crippen molar-refractivity contribution in [2.24, 2.45) is 0 Å². The summed E-state index contributed by atoms with van der Waals surface area (Å²) in [6.07, 6.45) is 3.11. The van der Waals surface area contributed by atoms with E-state index >= 15 is 0 Å². The summed E-state index contributed by atoms with van der Waals surface area (Å²) in [6.45, 7) is 0.142. The number of anilines is 1. The first-order chi connectivity index (χ1) is 16.8. The van der Waals surface area contributed by atoms with Gasteiger partial charge in [-0.1, -0.05) is 18.2 Å². The van der Waals surface area contributed by atoms with Gasteiger partial charge in [-0.2, -0.15) is 0 Å². The van der Waals surface area contributed by atoms with E-state index in [9.17, 15) is 18.3 Å². The summed E-state index contributed by atoms with van der Waals surface area (Å²) in [5.41, 5.74) is 0.163. The Balaban J connectivity index is 1.29. The SMILES string of the molecule is COc1cccnc1C1(O)CN(C(=O)c2ccc(NS(=O)(=O)c3cccc4cccnc34)cc2)C1. The van der Waals surface area contributed by atoms with E-state index in [0.29, 0.717) is 33.6 Å². The number of carbonyl (C=O) groups is 1. The van der Waals surface area contributed by atoms with Crippen molar-refractivity contribution in [3.8, 4) is 5.75 Å². The molecule has 1 saturated heterocycles. The standard InChI is InChI=1S/C25H22N4O5S/c1-34-20-7-4-14-27-23(20)25(31)15-29(16-25)24(30)18-9-11-19(12-10-18)28-35(32,33)21-8-2-5-17-6-3-13-26-22(17)21/h2-14,28,31H,15-16H2,1H3. The van der Waals surface area contributed by atoms with E-state index < -0.39 is 15.6 Å². The number of likely N-dealkylation sites (tertiary alicyclic amines) is 1. The number of β-amino-alcohol motifs (C(OH)–C–C–N with tert-alkyl or cyclic N) is 1. The number of sulfonamides is 1. The number of nitrogens with zero attached hydrogens (tertiary/aromatic N) is 3. The topological polar surface area (TPSA) is 122 Å². The summed E-state index contributed by atoms with van der Waals surface area (Å²) in [5.74, 6) is 0.178. The molecule has 4 aromatic rings. The van der Waals surface area contributed by atoms with Crippen LogP contribution in [0.4, 0.5) is 5.69 Å². The molecule has 1 amide bonds. The van der Waals surface area contributed by atoms with Crippen molar-refractivity contribution in [1.29, 1.82) is 0 Å². The number of aliphatic hydroxyl groups is 1. The number of nitrogens with one attached hydrogen (secondary N) is 1. The molecule has 178 valence electrons. The van der Waals surface area contributed by atoms with Crippen LogP contribution in [0.3, 0.4) is 0 Å². The van der Waals surface area contributed by atoms with Gasteiger partial charge in [-0.15, -0.1) is 0 Å². The van der Waals surface area contributed by atoms with E-state index in [1.165, 1.54) is 30.2 Å². The minimum absolute atomic E-state index is 0.0700. The summed E-state index contributed by atoms with van der Waals surface area (Å²) >= 11 is 0. The Labute approximate surface area is 202 Å². The Morgan fingerprint density at radius 1 is 1.00 bits per heavy atom. The molecular weight excluding hydrogens is 468 g/mol. The van der Waals surface area contributed by atoms with E-state index in [-0.39, 0.29) is 23.9 Å². The number of pyridine rings is 2. The third-order valence-electron chi connectivity index (χ3n) is 5.89. The van der Waals surface area contributed by atoms with Crippen molar-refractivity contribution in [3.05, 3.63) is 90.4 Å². The van der Waals surface area contributed by atoms with Crippen LogP contribution in [-0.4, -0.2) is 54.5 Å². The second-order valence-electron chi connectivity index (χ2n) is 8.26. The molecule has 1 fully saturated rings. The average molecular weight is 491 g/mol. The molecule has 2 N–H and O–H groups in total. The molecule has 35 heavy (non-hydrogen) atoms. The van der Waals surface area contributed by atoms with E-state index in [1.807, 2.05) is 0 Å². The number of ether oxygens (including phenoxy) is 1. The molecule has 9 nitrogen and oxygen atoms in total. The van der Waals surface area contributed by atoms with Crippen molar-refractivity contribution in [2.45, 2.75) is 10.5 Å². The number of fused-ring (bicyclic) bond motifs is 1. The molecule has 0 bridgehead atoms. The lowest BCUT2D eigenvalue weighted by Gasteiger charge is -2.46. The second-order valence-corrected chi connectivity index (χ2v) is 9.91. The molecule has 0 atom stereocenters. The van der Waals surface area contributed by atoms with Crippen molar-refractivity contribution in [1.82, 2.24) is 14.9 Å². The predicted molar refractivity (Wildman–Crippen MR) is 130 cm³/mol. The van der Waals surface area contributed by atoms with Gasteiger partial charge in [0.05, 0.1) is 25.7 Å². The van der Waals surface area contributed by atoms with Gasteiger partial charge in [0.1, 0.15) is 21.9 Å². The zero-order valence-electron chi connectivity index (χ0n) is 18.7. The molecule has 10 heteroatoms. The number of para-hydroxylation sites is 1. The fourth-order valence-electron chi connectivity index (χ4n) is 4.15. The monoisotopic (exact) mass is 490 g/mol. The quantitative estimate of drug-likeness (QED) is 0.426. The summed E-state index contributed by atoms with van der Waals surface area (Å²) in [7, 11) is -2.40. The van der Waals surface area contributed by atoms with Gasteiger partial charge in [0.15, 0.2) is 0 Å². The van der Waals surface area contributed by atoms with Gasteiger partial charge in [-0.3, -0.25) is 19.5 Å². The van der Waals surface area contributed by atoms with Crippen molar-refractivity contribution < 1.29 is 23.1 Å². The lowest BCUT2D eigenvalue weighted by Crippen LogP contribution is -2.61. The van der Waals surface area contributed by atoms with Crippen molar-refractivity contribution >= 4 is 32.5 Å². The van der Waals surface area contributed by atoms with E-state index in [1.54, 1.807) is 60.9 Å². The molecule has 5 rings (SSSR count). The van der Waals surface area contributed by atoms with Crippen LogP contribution in [-0.2, 0) is 15.6 Å². The fourth-order valence-corrected chi connectivity index (χ4v) is 5.39. The van der Waals surface area contributed by atoms with Gasteiger partial charge in [0.25, 0.3) is 15.9 Å². The van der Waals surface area contributed by atoms with Gasteiger partial charge in [-0.25, -0.2) is 8.42 Å². The summed E-state index contributed by atoms with van der Waals surface area (Å²) in [6, 6.07) is 18.0. The van der Waals surface area contributed by atoms with Crippen molar-refractivity contribution in [2.75, 3.05) is 24.9 Å². The molecule has 0 aliphatic carbocycles. The van der Waals surface area contributed by atoms with E-state index in [0.717, 1.165) is 0 Å². The molecule has 0 radical (unpaired) electrons. The minimum Gasteiger partial charge on any atom is -0.495 e. The highest BCUT2D eigenvalue weighted by molar-refractivity contribution is 7.93. The average Bonchev–Trinajstić information content (AvgIpc) is 2.86. The fraction of sp³-hybridized carbons (Fsp3) is 0.160. The third kappa shape index (κ3) is 4.17.